The predicted octanol–water partition coefficient (Wildman–Crippen LogP) is 3.71. The Bertz CT molecular complexity index is 987. The molecule has 2 aliphatic rings. The Morgan fingerprint density at radius 3 is 2.83 bits per heavy atom. The zero-order valence-corrected chi connectivity index (χ0v) is 17.7. The van der Waals surface area contributed by atoms with Crippen molar-refractivity contribution in [3.63, 3.8) is 0 Å². The summed E-state index contributed by atoms with van der Waals surface area (Å²) in [6.07, 6.45) is 0.563. The Hall–Kier alpha value is -2.96. The number of halogens is 1. The van der Waals surface area contributed by atoms with Crippen molar-refractivity contribution in [3.05, 3.63) is 59.1 Å². The predicted molar refractivity (Wildman–Crippen MR) is 113 cm³/mol. The molecule has 0 bridgehead atoms. The van der Waals surface area contributed by atoms with Gasteiger partial charge in [-0.3, -0.25) is 9.78 Å². The third-order valence-corrected chi connectivity index (χ3v) is 5.72. The maximum absolute atomic E-state index is 13.7. The van der Waals surface area contributed by atoms with Crippen LogP contribution < -0.4 is 9.64 Å². The lowest BCUT2D eigenvalue weighted by Gasteiger charge is -2.41. The first-order valence-electron chi connectivity index (χ1n) is 10.2. The fourth-order valence-corrected chi connectivity index (χ4v) is 4.04. The number of carbonyl (C=O) groups excluding carboxylic acids is 1. The van der Waals surface area contributed by atoms with E-state index in [1.807, 2.05) is 17.9 Å². The maximum atomic E-state index is 13.7. The van der Waals surface area contributed by atoms with Crippen LogP contribution in [0.5, 0.6) is 5.88 Å². The topological polar surface area (TPSA) is 58.6 Å². The molecule has 0 spiro atoms. The third kappa shape index (κ3) is 4.15. The van der Waals surface area contributed by atoms with Gasteiger partial charge in [0.1, 0.15) is 0 Å². The van der Waals surface area contributed by atoms with Gasteiger partial charge in [0.15, 0.2) is 0 Å². The molecule has 30 heavy (non-hydrogen) atoms. The van der Waals surface area contributed by atoms with Crippen LogP contribution in [0.4, 0.5) is 10.1 Å². The summed E-state index contributed by atoms with van der Waals surface area (Å²) >= 11 is 0. The number of aromatic nitrogens is 2. The number of aryl methyl sites for hydroxylation is 2. The number of rotatable bonds is 6. The summed E-state index contributed by atoms with van der Waals surface area (Å²) in [4.78, 5) is 25.5. The van der Waals surface area contributed by atoms with Gasteiger partial charge in [0.25, 0.3) is 6.36 Å². The normalized spacial score (nSPS) is 16.8. The van der Waals surface area contributed by atoms with Gasteiger partial charge in [0.05, 0.1) is 12.2 Å². The molecule has 158 valence electrons. The van der Waals surface area contributed by atoms with Crippen LogP contribution in [0, 0.1) is 19.8 Å². The molecule has 2 aromatic rings. The highest BCUT2D eigenvalue weighted by Crippen LogP contribution is 2.31. The van der Waals surface area contributed by atoms with Crippen LogP contribution in [0.2, 0.25) is 0 Å². The van der Waals surface area contributed by atoms with Gasteiger partial charge in [-0.15, -0.1) is 0 Å². The molecule has 0 saturated carbocycles. The van der Waals surface area contributed by atoms with E-state index in [2.05, 4.69) is 34.4 Å². The van der Waals surface area contributed by atoms with E-state index in [0.29, 0.717) is 31.0 Å². The molecule has 0 radical (unpaired) electrons. The Morgan fingerprint density at radius 1 is 1.33 bits per heavy atom. The summed E-state index contributed by atoms with van der Waals surface area (Å²) in [5, 5.41) is 0. The minimum atomic E-state index is -1.57. The third-order valence-electron chi connectivity index (χ3n) is 5.72. The Kier molecular flexibility index (Phi) is 5.45. The van der Waals surface area contributed by atoms with E-state index in [1.165, 1.54) is 11.1 Å². The quantitative estimate of drug-likeness (QED) is 0.680. The zero-order valence-electron chi connectivity index (χ0n) is 17.7. The van der Waals surface area contributed by atoms with E-state index in [-0.39, 0.29) is 11.8 Å². The van der Waals surface area contributed by atoms with E-state index < -0.39 is 6.36 Å². The van der Waals surface area contributed by atoms with Gasteiger partial charge >= 0.3 is 0 Å². The van der Waals surface area contributed by atoms with Crippen molar-refractivity contribution in [2.75, 3.05) is 18.0 Å². The second-order valence-electron chi connectivity index (χ2n) is 8.36. The minimum Gasteiger partial charge on any atom is -0.439 e. The second-order valence-corrected chi connectivity index (χ2v) is 8.36. The van der Waals surface area contributed by atoms with E-state index in [4.69, 9.17) is 4.74 Å². The molecule has 6 nitrogen and oxygen atoms in total. The molecular weight excluding hydrogens is 383 g/mol. The van der Waals surface area contributed by atoms with Crippen molar-refractivity contribution in [2.45, 2.75) is 46.6 Å². The largest absolute Gasteiger partial charge is 0.439 e. The van der Waals surface area contributed by atoms with Gasteiger partial charge in [-0.05, 0) is 49.6 Å². The van der Waals surface area contributed by atoms with Gasteiger partial charge in [0, 0.05) is 55.6 Å². The molecule has 2 aromatic heterocycles. The van der Waals surface area contributed by atoms with E-state index in [9.17, 15) is 9.18 Å². The van der Waals surface area contributed by atoms with E-state index >= 15 is 0 Å². The number of carbonyl (C=O) groups is 1. The van der Waals surface area contributed by atoms with Crippen LogP contribution in [0.15, 0.2) is 36.5 Å². The van der Waals surface area contributed by atoms with Gasteiger partial charge in [0.2, 0.25) is 11.8 Å². The highest BCUT2D eigenvalue weighted by Gasteiger charge is 2.33. The number of pyridine rings is 2. The van der Waals surface area contributed by atoms with Crippen LogP contribution in [-0.4, -0.2) is 40.2 Å². The van der Waals surface area contributed by atoms with Gasteiger partial charge in [-0.1, -0.05) is 6.58 Å². The number of nitrogens with zero attached hydrogens (tertiary/aromatic N) is 4. The number of amides is 1. The summed E-state index contributed by atoms with van der Waals surface area (Å²) < 4.78 is 18.9. The molecule has 0 aromatic carbocycles. The lowest BCUT2D eigenvalue weighted by Crippen LogP contribution is -2.48. The van der Waals surface area contributed by atoms with Gasteiger partial charge < -0.3 is 14.5 Å². The monoisotopic (exact) mass is 410 g/mol. The molecule has 1 fully saturated rings. The summed E-state index contributed by atoms with van der Waals surface area (Å²) in [7, 11) is 0. The molecule has 2 aliphatic heterocycles. The number of anilines is 1. The number of fused-ring (bicyclic) bond motifs is 1. The highest BCUT2D eigenvalue weighted by molar-refractivity contribution is 5.77. The summed E-state index contributed by atoms with van der Waals surface area (Å²) in [6.45, 7) is 12.0. The molecule has 1 atom stereocenters. The summed E-state index contributed by atoms with van der Waals surface area (Å²) in [6, 6.07) is 5.67. The van der Waals surface area contributed by atoms with Crippen molar-refractivity contribution >= 4 is 11.6 Å². The first-order valence-corrected chi connectivity index (χ1v) is 10.2. The van der Waals surface area contributed by atoms with E-state index in [1.54, 1.807) is 19.2 Å². The van der Waals surface area contributed by atoms with Crippen LogP contribution >= 0.6 is 0 Å². The number of alkyl halides is 1. The fraction of sp³-hybridized carbons (Fsp3) is 0.435. The van der Waals surface area contributed by atoms with Crippen molar-refractivity contribution in [3.8, 4) is 5.88 Å². The molecule has 1 amide bonds. The highest BCUT2D eigenvalue weighted by atomic mass is 19.1. The lowest BCUT2D eigenvalue weighted by atomic mass is 9.95. The molecule has 0 aliphatic carbocycles. The number of hydrogen-bond acceptors (Lipinski definition) is 5. The fourth-order valence-electron chi connectivity index (χ4n) is 4.04. The van der Waals surface area contributed by atoms with Crippen molar-refractivity contribution in [2.24, 2.45) is 5.92 Å². The Balaban J connectivity index is 1.30. The standard InChI is InChI=1S/C23H27FN4O2/c1-14(2)23(24)30-21-9-18(5-6-25-21)27-10-17(11-27)8-22(29)28-12-19-15(3)7-16(4)26-20(19)13-28/h5-7,9,17,23H,1,8,10-13H2,2-4H3. The van der Waals surface area contributed by atoms with Crippen molar-refractivity contribution in [1.29, 1.82) is 0 Å². The summed E-state index contributed by atoms with van der Waals surface area (Å²) in [5.74, 6) is 0.713. The molecular formula is C23H27FN4O2. The van der Waals surface area contributed by atoms with Crippen molar-refractivity contribution in [1.82, 2.24) is 14.9 Å². The Morgan fingerprint density at radius 2 is 2.10 bits per heavy atom. The van der Waals surface area contributed by atoms with Crippen LogP contribution in [0.3, 0.4) is 0 Å². The number of hydrogen-bond donors (Lipinski definition) is 0. The van der Waals surface area contributed by atoms with Gasteiger partial charge in [-0.2, -0.15) is 4.39 Å². The first-order chi connectivity index (χ1) is 14.3. The Labute approximate surface area is 176 Å². The molecule has 4 heterocycles. The number of ether oxygens (including phenoxy) is 1. The molecule has 1 unspecified atom stereocenters. The lowest BCUT2D eigenvalue weighted by molar-refractivity contribution is -0.133. The average molecular weight is 410 g/mol. The van der Waals surface area contributed by atoms with Crippen LogP contribution in [-0.2, 0) is 17.9 Å². The maximum Gasteiger partial charge on any atom is 0.261 e. The summed E-state index contributed by atoms with van der Waals surface area (Å²) in [5.41, 5.74) is 5.64. The smallest absolute Gasteiger partial charge is 0.261 e. The van der Waals surface area contributed by atoms with Crippen LogP contribution in [0.1, 0.15) is 35.9 Å². The minimum absolute atomic E-state index is 0.176. The van der Waals surface area contributed by atoms with Gasteiger partial charge in [-0.25, -0.2) is 4.98 Å². The van der Waals surface area contributed by atoms with Crippen LogP contribution in [0.25, 0.3) is 0 Å². The SMILES string of the molecule is C=C(C)C(F)Oc1cc(N2CC(CC(=O)N3Cc4nc(C)cc(C)c4C3)C2)ccn1. The molecule has 4 rings (SSSR count). The second kappa shape index (κ2) is 8.05. The van der Waals surface area contributed by atoms with E-state index in [0.717, 1.165) is 30.2 Å². The zero-order chi connectivity index (χ0) is 21.4. The first kappa shape index (κ1) is 20.3. The molecule has 0 N–H and O–H groups in total. The molecule has 1 saturated heterocycles. The van der Waals surface area contributed by atoms with Crippen molar-refractivity contribution < 1.29 is 13.9 Å². The average Bonchev–Trinajstić information content (AvgIpc) is 3.08. The molecule has 7 heteroatoms.